The first-order valence-electron chi connectivity index (χ1n) is 7.77. The molecule has 1 aliphatic rings. The van der Waals surface area contributed by atoms with E-state index in [9.17, 15) is 13.2 Å². The second-order valence-corrected chi connectivity index (χ2v) is 7.88. The highest BCUT2D eigenvalue weighted by molar-refractivity contribution is 7.89. The van der Waals surface area contributed by atoms with E-state index < -0.39 is 10.0 Å². The molecule has 22 heavy (non-hydrogen) atoms. The number of carbonyl (C=O) groups excluding carboxylic acids is 1. The van der Waals surface area contributed by atoms with Crippen molar-refractivity contribution in [2.24, 2.45) is 0 Å². The van der Waals surface area contributed by atoms with Crippen LogP contribution in [0.1, 0.15) is 30.4 Å². The van der Waals surface area contributed by atoms with E-state index in [-0.39, 0.29) is 11.7 Å². The van der Waals surface area contributed by atoms with Gasteiger partial charge in [0.05, 0.1) is 12.2 Å². The summed E-state index contributed by atoms with van der Waals surface area (Å²) in [5, 5.41) is 2.85. The Hall–Kier alpha value is -1.40. The Morgan fingerprint density at radius 3 is 2.64 bits per heavy atom. The summed E-state index contributed by atoms with van der Waals surface area (Å²) < 4.78 is 25.2. The molecule has 0 spiro atoms. The molecule has 1 heterocycles. The van der Waals surface area contributed by atoms with Gasteiger partial charge in [0, 0.05) is 19.6 Å². The van der Waals surface area contributed by atoms with E-state index in [1.54, 1.807) is 4.31 Å². The predicted octanol–water partition coefficient (Wildman–Crippen LogP) is 1.47. The maximum absolute atomic E-state index is 11.8. The van der Waals surface area contributed by atoms with E-state index in [1.807, 2.05) is 31.2 Å². The van der Waals surface area contributed by atoms with E-state index in [0.29, 0.717) is 32.5 Å². The predicted molar refractivity (Wildman–Crippen MR) is 87.1 cm³/mol. The fourth-order valence-electron chi connectivity index (χ4n) is 2.53. The molecule has 1 fully saturated rings. The van der Waals surface area contributed by atoms with Crippen LogP contribution in [-0.4, -0.2) is 44.0 Å². The lowest BCUT2D eigenvalue weighted by molar-refractivity contribution is -0.120. The van der Waals surface area contributed by atoms with Crippen molar-refractivity contribution >= 4 is 15.9 Å². The number of rotatable bonds is 6. The molecule has 1 aromatic carbocycles. The molecule has 1 aliphatic heterocycles. The first kappa shape index (κ1) is 17.0. The third-order valence-electron chi connectivity index (χ3n) is 3.84. The lowest BCUT2D eigenvalue weighted by Crippen LogP contribution is -2.39. The highest BCUT2D eigenvalue weighted by atomic mass is 32.2. The molecule has 1 aromatic rings. The molecule has 6 heteroatoms. The SMILES string of the molecule is Cc1ccc(CC(=O)NCCCN2CCCCS2(=O)=O)cc1. The van der Waals surface area contributed by atoms with Gasteiger partial charge in [0.2, 0.25) is 15.9 Å². The molecule has 1 amide bonds. The summed E-state index contributed by atoms with van der Waals surface area (Å²) in [6, 6.07) is 7.89. The molecule has 1 N–H and O–H groups in total. The largest absolute Gasteiger partial charge is 0.356 e. The molecule has 0 bridgehead atoms. The van der Waals surface area contributed by atoms with E-state index in [2.05, 4.69) is 5.32 Å². The van der Waals surface area contributed by atoms with Crippen molar-refractivity contribution in [1.29, 1.82) is 0 Å². The minimum absolute atomic E-state index is 0.0228. The Kier molecular flexibility index (Phi) is 5.97. The van der Waals surface area contributed by atoms with Crippen molar-refractivity contribution in [3.8, 4) is 0 Å². The molecule has 2 rings (SSSR count). The van der Waals surface area contributed by atoms with E-state index >= 15 is 0 Å². The van der Waals surface area contributed by atoms with Gasteiger partial charge >= 0.3 is 0 Å². The number of hydrogen-bond donors (Lipinski definition) is 1. The van der Waals surface area contributed by atoms with Crippen molar-refractivity contribution in [3.63, 3.8) is 0 Å². The molecule has 0 radical (unpaired) electrons. The monoisotopic (exact) mass is 324 g/mol. The second kappa shape index (κ2) is 7.74. The Bertz CT molecular complexity index is 596. The van der Waals surface area contributed by atoms with Crippen molar-refractivity contribution in [1.82, 2.24) is 9.62 Å². The molecule has 1 saturated heterocycles. The van der Waals surface area contributed by atoms with Crippen LogP contribution in [0, 0.1) is 6.92 Å². The third kappa shape index (κ3) is 5.10. The quantitative estimate of drug-likeness (QED) is 0.806. The van der Waals surface area contributed by atoms with Gasteiger partial charge in [0.1, 0.15) is 0 Å². The van der Waals surface area contributed by atoms with E-state index in [1.165, 1.54) is 5.56 Å². The molecule has 0 unspecified atom stereocenters. The van der Waals surface area contributed by atoms with Gasteiger partial charge in [-0.25, -0.2) is 12.7 Å². The molecule has 0 aromatic heterocycles. The summed E-state index contributed by atoms with van der Waals surface area (Å²) >= 11 is 0. The van der Waals surface area contributed by atoms with Crippen LogP contribution in [0.4, 0.5) is 0 Å². The van der Waals surface area contributed by atoms with Gasteiger partial charge < -0.3 is 5.32 Å². The fraction of sp³-hybridized carbons (Fsp3) is 0.562. The maximum Gasteiger partial charge on any atom is 0.224 e. The summed E-state index contributed by atoms with van der Waals surface area (Å²) in [4.78, 5) is 11.8. The first-order chi connectivity index (χ1) is 10.5. The van der Waals surface area contributed by atoms with Gasteiger partial charge in [0.25, 0.3) is 0 Å². The number of carbonyl (C=O) groups is 1. The Labute approximate surface area is 132 Å². The number of hydrogen-bond acceptors (Lipinski definition) is 3. The smallest absolute Gasteiger partial charge is 0.224 e. The average molecular weight is 324 g/mol. The first-order valence-corrected chi connectivity index (χ1v) is 9.38. The van der Waals surface area contributed by atoms with Crippen LogP contribution in [0.25, 0.3) is 0 Å². The molecule has 122 valence electrons. The van der Waals surface area contributed by atoms with Gasteiger partial charge in [-0.3, -0.25) is 4.79 Å². The van der Waals surface area contributed by atoms with Gasteiger partial charge in [-0.05, 0) is 31.7 Å². The van der Waals surface area contributed by atoms with Crippen LogP contribution in [0.5, 0.6) is 0 Å². The second-order valence-electron chi connectivity index (χ2n) is 5.79. The molecular weight excluding hydrogens is 300 g/mol. The molecule has 0 aliphatic carbocycles. The van der Waals surface area contributed by atoms with Gasteiger partial charge in [-0.2, -0.15) is 0 Å². The number of benzene rings is 1. The summed E-state index contributed by atoms with van der Waals surface area (Å²) in [5.41, 5.74) is 2.16. The maximum atomic E-state index is 11.8. The number of amides is 1. The Morgan fingerprint density at radius 2 is 1.95 bits per heavy atom. The minimum Gasteiger partial charge on any atom is -0.356 e. The summed E-state index contributed by atoms with van der Waals surface area (Å²) in [6.45, 7) is 3.63. The van der Waals surface area contributed by atoms with Crippen LogP contribution in [-0.2, 0) is 21.2 Å². The van der Waals surface area contributed by atoms with Crippen LogP contribution < -0.4 is 5.32 Å². The lowest BCUT2D eigenvalue weighted by Gasteiger charge is -2.26. The van der Waals surface area contributed by atoms with Crippen LogP contribution in [0.2, 0.25) is 0 Å². The van der Waals surface area contributed by atoms with E-state index in [0.717, 1.165) is 18.4 Å². The number of nitrogens with zero attached hydrogens (tertiary/aromatic N) is 1. The number of nitrogens with one attached hydrogen (secondary N) is 1. The highest BCUT2D eigenvalue weighted by Gasteiger charge is 2.24. The molecule has 0 saturated carbocycles. The van der Waals surface area contributed by atoms with Crippen molar-refractivity contribution in [2.45, 2.75) is 32.6 Å². The van der Waals surface area contributed by atoms with Crippen molar-refractivity contribution < 1.29 is 13.2 Å². The lowest BCUT2D eigenvalue weighted by atomic mass is 10.1. The van der Waals surface area contributed by atoms with Crippen molar-refractivity contribution in [3.05, 3.63) is 35.4 Å². The highest BCUT2D eigenvalue weighted by Crippen LogP contribution is 2.13. The van der Waals surface area contributed by atoms with Crippen LogP contribution >= 0.6 is 0 Å². The van der Waals surface area contributed by atoms with Gasteiger partial charge in [-0.1, -0.05) is 29.8 Å². The molecular formula is C16H24N2O3S. The zero-order chi connectivity index (χ0) is 16.0. The number of sulfonamides is 1. The standard InChI is InChI=1S/C16H24N2O3S/c1-14-5-7-15(8-6-14)13-16(19)17-9-4-11-18-10-2-3-12-22(18,20)21/h5-8H,2-4,9-13H2,1H3,(H,17,19). The molecule has 5 nitrogen and oxygen atoms in total. The van der Waals surface area contributed by atoms with Gasteiger partial charge in [-0.15, -0.1) is 0 Å². The summed E-state index contributed by atoms with van der Waals surface area (Å²) in [6.07, 6.45) is 2.70. The van der Waals surface area contributed by atoms with Crippen LogP contribution in [0.15, 0.2) is 24.3 Å². The average Bonchev–Trinajstić information content (AvgIpc) is 2.47. The summed E-state index contributed by atoms with van der Waals surface area (Å²) in [5.74, 6) is 0.234. The normalized spacial score (nSPS) is 18.0. The van der Waals surface area contributed by atoms with Gasteiger partial charge in [0.15, 0.2) is 0 Å². The Balaban J connectivity index is 1.68. The topological polar surface area (TPSA) is 66.5 Å². The number of aryl methyl sites for hydroxylation is 1. The van der Waals surface area contributed by atoms with Crippen molar-refractivity contribution in [2.75, 3.05) is 25.4 Å². The summed E-state index contributed by atoms with van der Waals surface area (Å²) in [7, 11) is -3.06. The Morgan fingerprint density at radius 1 is 1.23 bits per heavy atom. The molecule has 0 atom stereocenters. The zero-order valence-corrected chi connectivity index (χ0v) is 13.9. The van der Waals surface area contributed by atoms with Crippen LogP contribution in [0.3, 0.4) is 0 Å². The zero-order valence-electron chi connectivity index (χ0n) is 13.0. The minimum atomic E-state index is -3.06. The fourth-order valence-corrected chi connectivity index (χ4v) is 4.17. The third-order valence-corrected chi connectivity index (χ3v) is 5.80. The van der Waals surface area contributed by atoms with E-state index in [4.69, 9.17) is 0 Å².